The lowest BCUT2D eigenvalue weighted by Gasteiger charge is -2.23. The average molecular weight is 338 g/mol. The molecule has 0 heterocycles. The molecule has 0 aliphatic carbocycles. The van der Waals surface area contributed by atoms with Crippen LogP contribution >= 0.6 is 0 Å². The molecule has 134 valence electrons. The summed E-state index contributed by atoms with van der Waals surface area (Å²) in [5, 5.41) is 11.6. The summed E-state index contributed by atoms with van der Waals surface area (Å²) in [4.78, 5) is 25.0. The SMILES string of the molecule is CC(C)(C)OC(=O)NCCN(CCO)C(=O)OCc1ccccc1. The van der Waals surface area contributed by atoms with E-state index in [9.17, 15) is 9.59 Å². The second kappa shape index (κ2) is 9.77. The van der Waals surface area contributed by atoms with Crippen LogP contribution in [0.25, 0.3) is 0 Å². The first-order valence-electron chi connectivity index (χ1n) is 7.85. The second-order valence-electron chi connectivity index (χ2n) is 6.18. The van der Waals surface area contributed by atoms with Gasteiger partial charge in [0.1, 0.15) is 12.2 Å². The number of aliphatic hydroxyl groups excluding tert-OH is 1. The van der Waals surface area contributed by atoms with E-state index in [4.69, 9.17) is 14.6 Å². The van der Waals surface area contributed by atoms with E-state index in [1.54, 1.807) is 20.8 Å². The number of alkyl carbamates (subject to hydrolysis) is 1. The molecule has 24 heavy (non-hydrogen) atoms. The summed E-state index contributed by atoms with van der Waals surface area (Å²) in [7, 11) is 0. The first kappa shape index (κ1) is 19.8. The fourth-order valence-corrected chi connectivity index (χ4v) is 1.83. The highest BCUT2D eigenvalue weighted by atomic mass is 16.6. The minimum absolute atomic E-state index is 0.129. The highest BCUT2D eigenvalue weighted by molar-refractivity contribution is 5.69. The van der Waals surface area contributed by atoms with Crippen LogP contribution < -0.4 is 5.32 Å². The van der Waals surface area contributed by atoms with Crippen molar-refractivity contribution in [3.63, 3.8) is 0 Å². The van der Waals surface area contributed by atoms with Gasteiger partial charge in [-0.25, -0.2) is 9.59 Å². The van der Waals surface area contributed by atoms with Crippen LogP contribution in [0.3, 0.4) is 0 Å². The number of aliphatic hydroxyl groups is 1. The molecular weight excluding hydrogens is 312 g/mol. The number of rotatable bonds is 7. The monoisotopic (exact) mass is 338 g/mol. The van der Waals surface area contributed by atoms with Crippen LogP contribution in [0.2, 0.25) is 0 Å². The fourth-order valence-electron chi connectivity index (χ4n) is 1.83. The van der Waals surface area contributed by atoms with Gasteiger partial charge in [0.15, 0.2) is 0 Å². The normalized spacial score (nSPS) is 10.8. The smallest absolute Gasteiger partial charge is 0.410 e. The van der Waals surface area contributed by atoms with Gasteiger partial charge in [-0.3, -0.25) is 0 Å². The maximum atomic E-state index is 12.1. The third-order valence-electron chi connectivity index (χ3n) is 2.88. The summed E-state index contributed by atoms with van der Waals surface area (Å²) in [6, 6.07) is 9.31. The van der Waals surface area contributed by atoms with Gasteiger partial charge in [-0.1, -0.05) is 30.3 Å². The van der Waals surface area contributed by atoms with Gasteiger partial charge in [0, 0.05) is 19.6 Å². The van der Waals surface area contributed by atoms with Gasteiger partial charge in [-0.05, 0) is 26.3 Å². The van der Waals surface area contributed by atoms with E-state index in [-0.39, 0.29) is 32.8 Å². The third-order valence-corrected chi connectivity index (χ3v) is 2.88. The quantitative estimate of drug-likeness (QED) is 0.795. The first-order valence-corrected chi connectivity index (χ1v) is 7.85. The number of hydrogen-bond acceptors (Lipinski definition) is 5. The molecule has 0 bridgehead atoms. The van der Waals surface area contributed by atoms with E-state index in [1.165, 1.54) is 4.90 Å². The van der Waals surface area contributed by atoms with E-state index in [0.717, 1.165) is 5.56 Å². The van der Waals surface area contributed by atoms with Crippen molar-refractivity contribution in [1.82, 2.24) is 10.2 Å². The molecule has 2 amide bonds. The van der Waals surface area contributed by atoms with E-state index in [1.807, 2.05) is 30.3 Å². The fraction of sp³-hybridized carbons (Fsp3) is 0.529. The maximum absolute atomic E-state index is 12.1. The van der Waals surface area contributed by atoms with Gasteiger partial charge in [-0.2, -0.15) is 0 Å². The number of ether oxygens (including phenoxy) is 2. The Balaban J connectivity index is 2.39. The van der Waals surface area contributed by atoms with Crippen LogP contribution in [0.4, 0.5) is 9.59 Å². The van der Waals surface area contributed by atoms with Gasteiger partial charge in [0.05, 0.1) is 6.61 Å². The molecule has 0 unspecified atom stereocenters. The van der Waals surface area contributed by atoms with Crippen LogP contribution in [0.5, 0.6) is 0 Å². The Labute approximate surface area is 142 Å². The number of nitrogens with zero attached hydrogens (tertiary/aromatic N) is 1. The van der Waals surface area contributed by atoms with Crippen molar-refractivity contribution in [3.05, 3.63) is 35.9 Å². The number of benzene rings is 1. The Morgan fingerprint density at radius 3 is 2.42 bits per heavy atom. The summed E-state index contributed by atoms with van der Waals surface area (Å²) < 4.78 is 10.3. The topological polar surface area (TPSA) is 88.1 Å². The van der Waals surface area contributed by atoms with Crippen molar-refractivity contribution in [2.24, 2.45) is 0 Å². The Morgan fingerprint density at radius 1 is 1.17 bits per heavy atom. The predicted octanol–water partition coefficient (Wildman–Crippen LogP) is 2.14. The van der Waals surface area contributed by atoms with Crippen LogP contribution in [-0.2, 0) is 16.1 Å². The first-order chi connectivity index (χ1) is 11.3. The van der Waals surface area contributed by atoms with E-state index < -0.39 is 17.8 Å². The number of hydrogen-bond donors (Lipinski definition) is 2. The second-order valence-corrected chi connectivity index (χ2v) is 6.18. The number of amides is 2. The Hall–Kier alpha value is -2.28. The highest BCUT2D eigenvalue weighted by Crippen LogP contribution is 2.06. The third kappa shape index (κ3) is 8.38. The Morgan fingerprint density at radius 2 is 1.83 bits per heavy atom. The average Bonchev–Trinajstić information content (AvgIpc) is 2.51. The molecule has 0 radical (unpaired) electrons. The lowest BCUT2D eigenvalue weighted by atomic mass is 10.2. The highest BCUT2D eigenvalue weighted by Gasteiger charge is 2.18. The number of carbonyl (C=O) groups excluding carboxylic acids is 2. The van der Waals surface area contributed by atoms with Gasteiger partial charge in [0.25, 0.3) is 0 Å². The summed E-state index contributed by atoms with van der Waals surface area (Å²) in [5.74, 6) is 0. The van der Waals surface area contributed by atoms with Gasteiger partial charge in [0.2, 0.25) is 0 Å². The summed E-state index contributed by atoms with van der Waals surface area (Å²) in [6.45, 7) is 5.82. The van der Waals surface area contributed by atoms with E-state index >= 15 is 0 Å². The van der Waals surface area contributed by atoms with Crippen molar-refractivity contribution in [2.75, 3.05) is 26.2 Å². The number of carbonyl (C=O) groups is 2. The lowest BCUT2D eigenvalue weighted by Crippen LogP contribution is -2.41. The lowest BCUT2D eigenvalue weighted by molar-refractivity contribution is 0.0512. The summed E-state index contributed by atoms with van der Waals surface area (Å²) >= 11 is 0. The molecule has 2 N–H and O–H groups in total. The van der Waals surface area contributed by atoms with E-state index in [0.29, 0.717) is 0 Å². The minimum Gasteiger partial charge on any atom is -0.445 e. The van der Waals surface area contributed by atoms with Crippen LogP contribution in [0, 0.1) is 0 Å². The van der Waals surface area contributed by atoms with Crippen LogP contribution in [-0.4, -0.2) is 54.0 Å². The molecule has 1 aromatic rings. The molecular formula is C17H26N2O5. The summed E-state index contributed by atoms with van der Waals surface area (Å²) in [5.41, 5.74) is 0.297. The van der Waals surface area contributed by atoms with Crippen molar-refractivity contribution in [2.45, 2.75) is 33.0 Å². The zero-order chi connectivity index (χ0) is 18.0. The Bertz CT molecular complexity index is 513. The molecule has 0 saturated carbocycles. The molecule has 7 heteroatoms. The molecule has 0 saturated heterocycles. The van der Waals surface area contributed by atoms with Crippen molar-refractivity contribution in [3.8, 4) is 0 Å². The van der Waals surface area contributed by atoms with Crippen LogP contribution in [0.1, 0.15) is 26.3 Å². The Kier molecular flexibility index (Phi) is 8.05. The molecule has 0 aliphatic heterocycles. The molecule has 7 nitrogen and oxygen atoms in total. The molecule has 1 aromatic carbocycles. The van der Waals surface area contributed by atoms with E-state index in [2.05, 4.69) is 5.32 Å². The van der Waals surface area contributed by atoms with Crippen molar-refractivity contribution >= 4 is 12.2 Å². The standard InChI is InChI=1S/C17H26N2O5/c1-17(2,3)24-15(21)18-9-10-19(11-12-20)16(22)23-13-14-7-5-4-6-8-14/h4-8,20H,9-13H2,1-3H3,(H,18,21). The molecule has 0 fully saturated rings. The van der Waals surface area contributed by atoms with Gasteiger partial charge < -0.3 is 24.8 Å². The molecule has 0 aromatic heterocycles. The minimum atomic E-state index is -0.580. The summed E-state index contributed by atoms with van der Waals surface area (Å²) in [6.07, 6.45) is -1.09. The molecule has 1 rings (SSSR count). The number of nitrogens with one attached hydrogen (secondary N) is 1. The molecule has 0 atom stereocenters. The van der Waals surface area contributed by atoms with Gasteiger partial charge >= 0.3 is 12.2 Å². The van der Waals surface area contributed by atoms with Crippen molar-refractivity contribution < 1.29 is 24.2 Å². The molecule has 0 aliphatic rings. The van der Waals surface area contributed by atoms with Gasteiger partial charge in [-0.15, -0.1) is 0 Å². The zero-order valence-corrected chi connectivity index (χ0v) is 14.4. The van der Waals surface area contributed by atoms with Crippen LogP contribution in [0.15, 0.2) is 30.3 Å². The largest absolute Gasteiger partial charge is 0.445 e. The zero-order valence-electron chi connectivity index (χ0n) is 14.4. The molecule has 0 spiro atoms. The van der Waals surface area contributed by atoms with Crippen molar-refractivity contribution in [1.29, 1.82) is 0 Å². The maximum Gasteiger partial charge on any atom is 0.410 e. The predicted molar refractivity (Wildman–Crippen MR) is 89.5 cm³/mol.